The van der Waals surface area contributed by atoms with Gasteiger partial charge in [0.2, 0.25) is 0 Å². The molecule has 0 atom stereocenters. The molecule has 0 spiro atoms. The number of anilines is 2. The van der Waals surface area contributed by atoms with E-state index in [1.807, 2.05) is 43.8 Å². The van der Waals surface area contributed by atoms with E-state index in [-0.39, 0.29) is 0 Å². The Balaban J connectivity index is 2.29. The van der Waals surface area contributed by atoms with Crippen LogP contribution in [0.2, 0.25) is 0 Å². The highest BCUT2D eigenvalue weighted by molar-refractivity contribution is 5.55. The number of aromatic nitrogens is 3. The van der Waals surface area contributed by atoms with Crippen LogP contribution in [0, 0.1) is 13.8 Å². The minimum Gasteiger partial charge on any atom is -0.325 e. The summed E-state index contributed by atoms with van der Waals surface area (Å²) in [6, 6.07) is 5.95. The number of hydrogen-bond donors (Lipinski definition) is 1. The molecule has 2 heterocycles. The molecule has 0 saturated heterocycles. The van der Waals surface area contributed by atoms with Crippen molar-refractivity contribution < 1.29 is 0 Å². The smallest absolute Gasteiger partial charge is 0.134 e. The first-order chi connectivity index (χ1) is 7.16. The summed E-state index contributed by atoms with van der Waals surface area (Å²) in [6.45, 7) is 4.00. The third kappa shape index (κ3) is 1.98. The molecule has 0 aliphatic heterocycles. The van der Waals surface area contributed by atoms with Gasteiger partial charge in [-0.15, -0.1) is 0 Å². The SMILES string of the molecule is Cc1cc(Nc2ncccc2C)n(C)n1. The monoisotopic (exact) mass is 202 g/mol. The molecule has 1 N–H and O–H groups in total. The number of nitrogens with one attached hydrogen (secondary N) is 1. The van der Waals surface area contributed by atoms with E-state index in [0.29, 0.717) is 0 Å². The highest BCUT2D eigenvalue weighted by atomic mass is 15.3. The predicted octanol–water partition coefficient (Wildman–Crippen LogP) is 2.18. The summed E-state index contributed by atoms with van der Waals surface area (Å²) in [5.41, 5.74) is 2.12. The van der Waals surface area contributed by atoms with E-state index in [0.717, 1.165) is 22.9 Å². The van der Waals surface area contributed by atoms with Crippen LogP contribution in [-0.4, -0.2) is 14.8 Å². The largest absolute Gasteiger partial charge is 0.325 e. The van der Waals surface area contributed by atoms with Gasteiger partial charge >= 0.3 is 0 Å². The average molecular weight is 202 g/mol. The van der Waals surface area contributed by atoms with E-state index >= 15 is 0 Å². The van der Waals surface area contributed by atoms with Crippen molar-refractivity contribution in [1.29, 1.82) is 0 Å². The lowest BCUT2D eigenvalue weighted by atomic mass is 10.3. The van der Waals surface area contributed by atoms with Crippen LogP contribution in [0.1, 0.15) is 11.3 Å². The molecule has 4 heteroatoms. The predicted molar refractivity (Wildman–Crippen MR) is 60.2 cm³/mol. The van der Waals surface area contributed by atoms with Crippen molar-refractivity contribution >= 4 is 11.6 Å². The first kappa shape index (κ1) is 9.71. The lowest BCUT2D eigenvalue weighted by Gasteiger charge is -2.07. The number of nitrogens with zero attached hydrogens (tertiary/aromatic N) is 3. The fourth-order valence-electron chi connectivity index (χ4n) is 1.47. The summed E-state index contributed by atoms with van der Waals surface area (Å²) in [7, 11) is 1.91. The molecule has 15 heavy (non-hydrogen) atoms. The van der Waals surface area contributed by atoms with Crippen LogP contribution in [0.5, 0.6) is 0 Å². The quantitative estimate of drug-likeness (QED) is 0.811. The number of pyridine rings is 1. The van der Waals surface area contributed by atoms with Gasteiger partial charge in [0.05, 0.1) is 5.69 Å². The van der Waals surface area contributed by atoms with Gasteiger partial charge in [0.15, 0.2) is 0 Å². The van der Waals surface area contributed by atoms with Crippen LogP contribution in [0.4, 0.5) is 11.6 Å². The summed E-state index contributed by atoms with van der Waals surface area (Å²) < 4.78 is 1.81. The minimum absolute atomic E-state index is 0.875. The van der Waals surface area contributed by atoms with Gasteiger partial charge in [0, 0.05) is 19.3 Å². The highest BCUT2D eigenvalue weighted by Gasteiger charge is 2.04. The van der Waals surface area contributed by atoms with Crippen molar-refractivity contribution in [2.24, 2.45) is 7.05 Å². The van der Waals surface area contributed by atoms with Crippen molar-refractivity contribution in [1.82, 2.24) is 14.8 Å². The van der Waals surface area contributed by atoms with Gasteiger partial charge in [-0.25, -0.2) is 4.98 Å². The van der Waals surface area contributed by atoms with E-state index in [9.17, 15) is 0 Å². The summed E-state index contributed by atoms with van der Waals surface area (Å²) in [5, 5.41) is 7.51. The average Bonchev–Trinajstić information content (AvgIpc) is 2.49. The molecule has 0 saturated carbocycles. The van der Waals surface area contributed by atoms with Crippen LogP contribution < -0.4 is 5.32 Å². The van der Waals surface area contributed by atoms with Crippen molar-refractivity contribution in [2.75, 3.05) is 5.32 Å². The maximum atomic E-state index is 4.27. The molecule has 0 bridgehead atoms. The third-order valence-corrected chi connectivity index (χ3v) is 2.26. The van der Waals surface area contributed by atoms with E-state index < -0.39 is 0 Å². The van der Waals surface area contributed by atoms with Crippen LogP contribution in [0.25, 0.3) is 0 Å². The first-order valence-electron chi connectivity index (χ1n) is 4.86. The summed E-state index contributed by atoms with van der Waals surface area (Å²) in [6.07, 6.45) is 1.78. The van der Waals surface area contributed by atoms with Gasteiger partial charge in [0.25, 0.3) is 0 Å². The van der Waals surface area contributed by atoms with E-state index in [4.69, 9.17) is 0 Å². The first-order valence-corrected chi connectivity index (χ1v) is 4.86. The van der Waals surface area contributed by atoms with Gasteiger partial charge < -0.3 is 5.32 Å². The minimum atomic E-state index is 0.875. The second-order valence-corrected chi connectivity index (χ2v) is 3.59. The van der Waals surface area contributed by atoms with Gasteiger partial charge in [-0.05, 0) is 25.5 Å². The summed E-state index contributed by atoms with van der Waals surface area (Å²) >= 11 is 0. The fourth-order valence-corrected chi connectivity index (χ4v) is 1.47. The Morgan fingerprint density at radius 1 is 1.33 bits per heavy atom. The fraction of sp³-hybridized carbons (Fsp3) is 0.273. The van der Waals surface area contributed by atoms with Crippen LogP contribution in [-0.2, 0) is 7.05 Å². The zero-order valence-corrected chi connectivity index (χ0v) is 9.15. The second-order valence-electron chi connectivity index (χ2n) is 3.59. The van der Waals surface area contributed by atoms with Crippen molar-refractivity contribution in [3.63, 3.8) is 0 Å². The maximum absolute atomic E-state index is 4.27. The molecule has 4 nitrogen and oxygen atoms in total. The molecule has 0 amide bonds. The molecule has 0 radical (unpaired) electrons. The molecule has 2 aromatic rings. The second kappa shape index (κ2) is 3.73. The zero-order chi connectivity index (χ0) is 10.8. The lowest BCUT2D eigenvalue weighted by Crippen LogP contribution is -2.01. The normalized spacial score (nSPS) is 10.3. The Hall–Kier alpha value is -1.84. The Kier molecular flexibility index (Phi) is 2.41. The molecular formula is C11H14N4. The molecule has 2 rings (SSSR count). The van der Waals surface area contributed by atoms with Crippen LogP contribution in [0.3, 0.4) is 0 Å². The topological polar surface area (TPSA) is 42.7 Å². The van der Waals surface area contributed by atoms with Gasteiger partial charge in [-0.2, -0.15) is 5.10 Å². The Labute approximate surface area is 89.0 Å². The van der Waals surface area contributed by atoms with Crippen LogP contribution in [0.15, 0.2) is 24.4 Å². The van der Waals surface area contributed by atoms with E-state index in [1.54, 1.807) is 6.20 Å². The molecule has 0 aliphatic rings. The van der Waals surface area contributed by atoms with Crippen molar-refractivity contribution in [3.05, 3.63) is 35.7 Å². The molecule has 0 aromatic carbocycles. The van der Waals surface area contributed by atoms with Crippen molar-refractivity contribution in [2.45, 2.75) is 13.8 Å². The van der Waals surface area contributed by atoms with Gasteiger partial charge in [0.1, 0.15) is 11.6 Å². The molecular weight excluding hydrogens is 188 g/mol. The highest BCUT2D eigenvalue weighted by Crippen LogP contribution is 2.17. The molecule has 0 unspecified atom stereocenters. The third-order valence-electron chi connectivity index (χ3n) is 2.26. The molecule has 78 valence electrons. The maximum Gasteiger partial charge on any atom is 0.134 e. The standard InChI is InChI=1S/C11H14N4/c1-8-5-4-6-12-11(8)13-10-7-9(2)14-15(10)3/h4-7H,1-3H3,(H,12,13). The number of aryl methyl sites for hydroxylation is 3. The van der Waals surface area contributed by atoms with Crippen molar-refractivity contribution in [3.8, 4) is 0 Å². The zero-order valence-electron chi connectivity index (χ0n) is 9.15. The van der Waals surface area contributed by atoms with E-state index in [1.165, 1.54) is 0 Å². The van der Waals surface area contributed by atoms with E-state index in [2.05, 4.69) is 15.4 Å². The molecule has 0 fully saturated rings. The summed E-state index contributed by atoms with van der Waals surface area (Å²) in [4.78, 5) is 4.27. The molecule has 0 aliphatic carbocycles. The summed E-state index contributed by atoms with van der Waals surface area (Å²) in [5.74, 6) is 1.83. The van der Waals surface area contributed by atoms with Crippen LogP contribution >= 0.6 is 0 Å². The number of rotatable bonds is 2. The Morgan fingerprint density at radius 3 is 2.73 bits per heavy atom. The van der Waals surface area contributed by atoms with Gasteiger partial charge in [-0.1, -0.05) is 6.07 Å². The molecule has 2 aromatic heterocycles. The Bertz CT molecular complexity index is 473. The lowest BCUT2D eigenvalue weighted by molar-refractivity contribution is 0.764. The number of hydrogen-bond acceptors (Lipinski definition) is 3. The van der Waals surface area contributed by atoms with Gasteiger partial charge in [-0.3, -0.25) is 4.68 Å². The Morgan fingerprint density at radius 2 is 2.13 bits per heavy atom.